The van der Waals surface area contributed by atoms with Crippen LogP contribution in [-0.4, -0.2) is 28.7 Å². The summed E-state index contributed by atoms with van der Waals surface area (Å²) in [6.45, 7) is 0.397. The Morgan fingerprint density at radius 2 is 2.20 bits per heavy atom. The first kappa shape index (κ1) is 13.5. The summed E-state index contributed by atoms with van der Waals surface area (Å²) in [7, 11) is 0. The van der Waals surface area contributed by atoms with E-state index in [1.54, 1.807) is 6.07 Å². The molecule has 1 aliphatic carbocycles. The first-order chi connectivity index (χ1) is 9.58. The molecule has 1 fully saturated rings. The first-order valence-corrected chi connectivity index (χ1v) is 7.69. The van der Waals surface area contributed by atoms with Crippen LogP contribution < -0.4 is 5.32 Å². The highest BCUT2D eigenvalue weighted by molar-refractivity contribution is 9.09. The fraction of sp³-hybridized carbons (Fsp3) is 0.429. The van der Waals surface area contributed by atoms with Gasteiger partial charge in [-0.15, -0.1) is 0 Å². The van der Waals surface area contributed by atoms with E-state index in [2.05, 4.69) is 21.2 Å². The normalized spacial score (nSPS) is 24.4. The summed E-state index contributed by atoms with van der Waals surface area (Å²) in [6.07, 6.45) is 1.82. The number of benzene rings is 1. The summed E-state index contributed by atoms with van der Waals surface area (Å²) in [5, 5.41) is 3.55. The molecule has 3 amide bonds. The van der Waals surface area contributed by atoms with Crippen molar-refractivity contribution in [2.45, 2.75) is 24.8 Å². The van der Waals surface area contributed by atoms with E-state index >= 15 is 0 Å². The highest BCUT2D eigenvalue weighted by atomic mass is 79.9. The maximum Gasteiger partial charge on any atom is 0.325 e. The molecular formula is C14H14BrFN2O2. The Bertz CT molecular complexity index is 593. The maximum atomic E-state index is 13.3. The zero-order chi connectivity index (χ0) is 14.3. The lowest BCUT2D eigenvalue weighted by atomic mass is 9.92. The number of alkyl halides is 1. The van der Waals surface area contributed by atoms with Crippen LogP contribution in [0.5, 0.6) is 0 Å². The smallest absolute Gasteiger partial charge is 0.319 e. The number of imide groups is 1. The van der Waals surface area contributed by atoms with Crippen molar-refractivity contribution in [2.75, 3.05) is 11.9 Å². The fourth-order valence-electron chi connectivity index (χ4n) is 3.04. The van der Waals surface area contributed by atoms with Gasteiger partial charge in [-0.2, -0.15) is 0 Å². The molecule has 2 aliphatic rings. The lowest BCUT2D eigenvalue weighted by Crippen LogP contribution is -2.42. The average Bonchev–Trinajstić information content (AvgIpc) is 2.88. The molecule has 1 atom stereocenters. The van der Waals surface area contributed by atoms with Gasteiger partial charge >= 0.3 is 6.03 Å². The van der Waals surface area contributed by atoms with Crippen molar-refractivity contribution >= 4 is 27.9 Å². The van der Waals surface area contributed by atoms with Crippen LogP contribution in [-0.2, 0) is 16.8 Å². The Balaban J connectivity index is 1.96. The van der Waals surface area contributed by atoms with Gasteiger partial charge in [0.25, 0.3) is 5.91 Å². The van der Waals surface area contributed by atoms with Gasteiger partial charge in [-0.3, -0.25) is 9.69 Å². The molecule has 106 valence electrons. The molecule has 0 aromatic heterocycles. The third-order valence-corrected chi connectivity index (χ3v) is 4.55. The van der Waals surface area contributed by atoms with Gasteiger partial charge in [-0.25, -0.2) is 9.18 Å². The van der Waals surface area contributed by atoms with Crippen LogP contribution in [0.25, 0.3) is 0 Å². The number of nitrogens with one attached hydrogen (secondary N) is 1. The molecule has 6 heteroatoms. The van der Waals surface area contributed by atoms with E-state index in [0.29, 0.717) is 25.8 Å². The molecule has 0 bridgehead atoms. The van der Waals surface area contributed by atoms with Gasteiger partial charge in [0.05, 0.1) is 0 Å². The van der Waals surface area contributed by atoms with Gasteiger partial charge in [0.15, 0.2) is 0 Å². The number of hydrogen-bond donors (Lipinski definition) is 1. The third kappa shape index (κ3) is 1.85. The molecule has 1 saturated heterocycles. The van der Waals surface area contributed by atoms with Crippen molar-refractivity contribution in [1.29, 1.82) is 0 Å². The predicted molar refractivity (Wildman–Crippen MR) is 75.1 cm³/mol. The minimum atomic E-state index is -0.980. The second kappa shape index (κ2) is 4.84. The number of carbonyl (C=O) groups is 2. The molecule has 1 spiro atoms. The lowest BCUT2D eigenvalue weighted by molar-refractivity contribution is -0.131. The minimum Gasteiger partial charge on any atom is -0.319 e. The topological polar surface area (TPSA) is 49.4 Å². The number of fused-ring (bicyclic) bond motifs is 2. The van der Waals surface area contributed by atoms with Crippen LogP contribution in [0.2, 0.25) is 0 Å². The molecule has 0 radical (unpaired) electrons. The molecule has 1 heterocycles. The second-order valence-electron chi connectivity index (χ2n) is 5.14. The van der Waals surface area contributed by atoms with Gasteiger partial charge in [0.1, 0.15) is 11.4 Å². The highest BCUT2D eigenvalue weighted by Crippen LogP contribution is 2.41. The zero-order valence-corrected chi connectivity index (χ0v) is 12.4. The maximum absolute atomic E-state index is 13.3. The molecule has 0 saturated carbocycles. The quantitative estimate of drug-likeness (QED) is 0.678. The molecule has 1 aromatic rings. The van der Waals surface area contributed by atoms with Gasteiger partial charge in [0, 0.05) is 11.9 Å². The van der Waals surface area contributed by atoms with Crippen molar-refractivity contribution < 1.29 is 14.0 Å². The SMILES string of the molecule is O=C1NC2(CCc3cc(F)ccc32)C(=O)N1CCCBr. The van der Waals surface area contributed by atoms with Crippen LogP contribution in [0, 0.1) is 5.82 Å². The largest absolute Gasteiger partial charge is 0.325 e. The van der Waals surface area contributed by atoms with Crippen LogP contribution in [0.1, 0.15) is 24.0 Å². The number of urea groups is 1. The molecule has 1 unspecified atom stereocenters. The minimum absolute atomic E-state index is 0.214. The summed E-state index contributed by atoms with van der Waals surface area (Å²) in [4.78, 5) is 25.9. The number of aryl methyl sites for hydroxylation is 1. The summed E-state index contributed by atoms with van der Waals surface area (Å²) in [5.41, 5.74) is 0.562. The van der Waals surface area contributed by atoms with Gasteiger partial charge in [0.2, 0.25) is 0 Å². The van der Waals surface area contributed by atoms with Crippen molar-refractivity contribution in [2.24, 2.45) is 0 Å². The summed E-state index contributed by atoms with van der Waals surface area (Å²) in [6, 6.07) is 4.05. The Morgan fingerprint density at radius 1 is 1.40 bits per heavy atom. The molecular weight excluding hydrogens is 327 g/mol. The van der Waals surface area contributed by atoms with Crippen LogP contribution in [0.15, 0.2) is 18.2 Å². The van der Waals surface area contributed by atoms with E-state index in [0.717, 1.165) is 16.5 Å². The highest BCUT2D eigenvalue weighted by Gasteiger charge is 2.54. The molecule has 1 aromatic carbocycles. The van der Waals surface area contributed by atoms with Crippen molar-refractivity contribution in [3.05, 3.63) is 35.1 Å². The summed E-state index contributed by atoms with van der Waals surface area (Å²) < 4.78 is 13.3. The van der Waals surface area contributed by atoms with E-state index in [1.165, 1.54) is 17.0 Å². The Morgan fingerprint density at radius 3 is 2.95 bits per heavy atom. The molecule has 4 nitrogen and oxygen atoms in total. The Hall–Kier alpha value is -1.43. The second-order valence-corrected chi connectivity index (χ2v) is 5.93. The monoisotopic (exact) mass is 340 g/mol. The van der Waals surface area contributed by atoms with E-state index < -0.39 is 5.54 Å². The Labute approximate surface area is 124 Å². The van der Waals surface area contributed by atoms with Crippen molar-refractivity contribution in [3.63, 3.8) is 0 Å². The van der Waals surface area contributed by atoms with E-state index in [1.807, 2.05) is 0 Å². The number of nitrogens with zero attached hydrogens (tertiary/aromatic N) is 1. The molecule has 1 N–H and O–H groups in total. The predicted octanol–water partition coefficient (Wildman–Crippen LogP) is 2.30. The fourth-order valence-corrected chi connectivity index (χ4v) is 3.29. The van der Waals surface area contributed by atoms with Crippen LogP contribution in [0.4, 0.5) is 9.18 Å². The summed E-state index contributed by atoms with van der Waals surface area (Å²) >= 11 is 3.29. The summed E-state index contributed by atoms with van der Waals surface area (Å²) in [5.74, 6) is -0.525. The lowest BCUT2D eigenvalue weighted by Gasteiger charge is -2.22. The van der Waals surface area contributed by atoms with Crippen LogP contribution in [0.3, 0.4) is 0 Å². The standard InChI is InChI=1S/C14H14BrFN2O2/c15-6-1-7-18-12(19)14(17-13(18)20)5-4-9-8-10(16)2-3-11(9)14/h2-3,8H,1,4-7H2,(H,17,20). The van der Waals surface area contributed by atoms with Gasteiger partial charge in [-0.05, 0) is 42.5 Å². The van der Waals surface area contributed by atoms with E-state index in [9.17, 15) is 14.0 Å². The number of halogens is 2. The van der Waals surface area contributed by atoms with E-state index in [4.69, 9.17) is 0 Å². The number of rotatable bonds is 3. The average molecular weight is 341 g/mol. The molecule has 20 heavy (non-hydrogen) atoms. The molecule has 1 aliphatic heterocycles. The van der Waals surface area contributed by atoms with Crippen molar-refractivity contribution in [3.8, 4) is 0 Å². The van der Waals surface area contributed by atoms with Crippen molar-refractivity contribution in [1.82, 2.24) is 10.2 Å². The number of carbonyl (C=O) groups excluding carboxylic acids is 2. The zero-order valence-electron chi connectivity index (χ0n) is 10.8. The van der Waals surface area contributed by atoms with Crippen LogP contribution >= 0.6 is 15.9 Å². The van der Waals surface area contributed by atoms with Gasteiger partial charge < -0.3 is 5.32 Å². The first-order valence-electron chi connectivity index (χ1n) is 6.57. The third-order valence-electron chi connectivity index (χ3n) is 3.99. The number of amides is 3. The van der Waals surface area contributed by atoms with E-state index in [-0.39, 0.29) is 17.8 Å². The number of hydrogen-bond acceptors (Lipinski definition) is 2. The molecule has 3 rings (SSSR count). The Kier molecular flexibility index (Phi) is 3.28. The van der Waals surface area contributed by atoms with Gasteiger partial charge in [-0.1, -0.05) is 22.0 Å².